The van der Waals surface area contributed by atoms with Crippen LogP contribution in [-0.2, 0) is 5.41 Å². The van der Waals surface area contributed by atoms with Crippen LogP contribution in [0.2, 0.25) is 0 Å². The normalized spacial score (nSPS) is 31.8. The summed E-state index contributed by atoms with van der Waals surface area (Å²) in [5, 5.41) is 5.70. The highest BCUT2D eigenvalue weighted by Crippen LogP contribution is 2.39. The van der Waals surface area contributed by atoms with Gasteiger partial charge < -0.3 is 5.32 Å². The molecular weight excluding hydrogens is 252 g/mol. The molecule has 2 fully saturated rings. The molecule has 2 aliphatic rings. The van der Waals surface area contributed by atoms with E-state index in [9.17, 15) is 0 Å². The molecule has 2 aliphatic heterocycles. The van der Waals surface area contributed by atoms with Crippen molar-refractivity contribution < 1.29 is 0 Å². The molecule has 0 amide bonds. The van der Waals surface area contributed by atoms with E-state index < -0.39 is 0 Å². The van der Waals surface area contributed by atoms with E-state index in [1.165, 1.54) is 37.1 Å². The van der Waals surface area contributed by atoms with E-state index in [4.69, 9.17) is 0 Å². The van der Waals surface area contributed by atoms with Crippen LogP contribution < -0.4 is 5.32 Å². The van der Waals surface area contributed by atoms with E-state index in [1.807, 2.05) is 11.3 Å². The lowest BCUT2D eigenvalue weighted by Gasteiger charge is -2.42. The van der Waals surface area contributed by atoms with E-state index >= 15 is 0 Å². The number of fused-ring (bicyclic) bond motifs is 2. The SMILES string of the molecule is CNC1CC2CCC(C1)N2CC(C)(C)c1cccs1. The number of hydrogen-bond donors (Lipinski definition) is 1. The zero-order valence-electron chi connectivity index (χ0n) is 12.4. The minimum absolute atomic E-state index is 0.293. The van der Waals surface area contributed by atoms with Crippen molar-refractivity contribution in [1.82, 2.24) is 10.2 Å². The minimum atomic E-state index is 0.293. The van der Waals surface area contributed by atoms with Gasteiger partial charge >= 0.3 is 0 Å². The average Bonchev–Trinajstić information content (AvgIpc) is 2.97. The molecule has 0 saturated carbocycles. The molecule has 1 aromatic heterocycles. The largest absolute Gasteiger partial charge is 0.317 e. The first kappa shape index (κ1) is 13.6. The second-order valence-corrected chi connectivity index (χ2v) is 7.82. The van der Waals surface area contributed by atoms with Gasteiger partial charge in [0.15, 0.2) is 0 Å². The van der Waals surface area contributed by atoms with Crippen molar-refractivity contribution in [2.45, 2.75) is 63.1 Å². The molecule has 1 aromatic rings. The van der Waals surface area contributed by atoms with Gasteiger partial charge in [0.2, 0.25) is 0 Å². The smallest absolute Gasteiger partial charge is 0.0118 e. The molecule has 3 rings (SSSR count). The molecule has 19 heavy (non-hydrogen) atoms. The van der Waals surface area contributed by atoms with Crippen molar-refractivity contribution in [3.8, 4) is 0 Å². The molecule has 2 unspecified atom stereocenters. The highest BCUT2D eigenvalue weighted by molar-refractivity contribution is 7.10. The third-order valence-corrected chi connectivity index (χ3v) is 6.29. The second kappa shape index (κ2) is 5.19. The average molecular weight is 278 g/mol. The summed E-state index contributed by atoms with van der Waals surface area (Å²) < 4.78 is 0. The summed E-state index contributed by atoms with van der Waals surface area (Å²) in [5.74, 6) is 0. The van der Waals surface area contributed by atoms with Gasteiger partial charge in [-0.05, 0) is 44.2 Å². The van der Waals surface area contributed by atoms with Crippen LogP contribution in [0.5, 0.6) is 0 Å². The van der Waals surface area contributed by atoms with Gasteiger partial charge in [-0.25, -0.2) is 0 Å². The molecule has 0 spiro atoms. The Morgan fingerprint density at radius 3 is 2.53 bits per heavy atom. The Morgan fingerprint density at radius 2 is 2.00 bits per heavy atom. The fraction of sp³-hybridized carbons (Fsp3) is 0.750. The molecule has 2 bridgehead atoms. The van der Waals surface area contributed by atoms with Crippen molar-refractivity contribution in [2.75, 3.05) is 13.6 Å². The highest BCUT2D eigenvalue weighted by Gasteiger charge is 2.42. The van der Waals surface area contributed by atoms with Crippen molar-refractivity contribution in [3.05, 3.63) is 22.4 Å². The number of nitrogens with one attached hydrogen (secondary N) is 1. The standard InChI is InChI=1S/C16H26N2S/c1-16(2,15-5-4-8-19-15)11-18-13-6-7-14(18)10-12(9-13)17-3/h4-5,8,12-14,17H,6-7,9-11H2,1-3H3. The molecule has 2 nitrogen and oxygen atoms in total. The van der Waals surface area contributed by atoms with Crippen molar-refractivity contribution in [1.29, 1.82) is 0 Å². The van der Waals surface area contributed by atoms with E-state index in [1.54, 1.807) is 0 Å². The Morgan fingerprint density at radius 1 is 1.32 bits per heavy atom. The van der Waals surface area contributed by atoms with Crippen LogP contribution in [-0.4, -0.2) is 36.6 Å². The maximum absolute atomic E-state index is 3.49. The number of piperidine rings is 1. The van der Waals surface area contributed by atoms with Gasteiger partial charge in [0.25, 0.3) is 0 Å². The number of thiophene rings is 1. The first-order valence-electron chi connectivity index (χ1n) is 7.57. The van der Waals surface area contributed by atoms with Crippen LogP contribution >= 0.6 is 11.3 Å². The van der Waals surface area contributed by atoms with E-state index in [2.05, 4.69) is 48.6 Å². The molecule has 106 valence electrons. The summed E-state index contributed by atoms with van der Waals surface area (Å²) in [6, 6.07) is 6.86. The van der Waals surface area contributed by atoms with Gasteiger partial charge in [0.1, 0.15) is 0 Å². The van der Waals surface area contributed by atoms with Crippen molar-refractivity contribution in [3.63, 3.8) is 0 Å². The first-order chi connectivity index (χ1) is 9.10. The Bertz CT molecular complexity index is 398. The Kier molecular flexibility index (Phi) is 3.71. The monoisotopic (exact) mass is 278 g/mol. The van der Waals surface area contributed by atoms with Gasteiger partial charge in [0, 0.05) is 35.0 Å². The summed E-state index contributed by atoms with van der Waals surface area (Å²) in [6.07, 6.45) is 5.49. The van der Waals surface area contributed by atoms with Gasteiger partial charge in [-0.1, -0.05) is 19.9 Å². The second-order valence-electron chi connectivity index (χ2n) is 6.88. The molecule has 3 heteroatoms. The first-order valence-corrected chi connectivity index (χ1v) is 8.45. The number of hydrogen-bond acceptors (Lipinski definition) is 3. The van der Waals surface area contributed by atoms with Crippen LogP contribution in [0.1, 0.15) is 44.4 Å². The van der Waals surface area contributed by atoms with Crippen LogP contribution in [0.15, 0.2) is 17.5 Å². The van der Waals surface area contributed by atoms with E-state index in [0.29, 0.717) is 5.41 Å². The predicted molar refractivity (Wildman–Crippen MR) is 82.9 cm³/mol. The number of nitrogens with zero attached hydrogens (tertiary/aromatic N) is 1. The van der Waals surface area contributed by atoms with E-state index in [0.717, 1.165) is 18.1 Å². The highest BCUT2D eigenvalue weighted by atomic mass is 32.1. The zero-order chi connectivity index (χ0) is 13.5. The Labute approximate surface area is 121 Å². The molecule has 3 heterocycles. The lowest BCUT2D eigenvalue weighted by molar-refractivity contribution is 0.0971. The summed E-state index contributed by atoms with van der Waals surface area (Å²) in [6.45, 7) is 6.03. The Balaban J connectivity index is 1.71. The van der Waals surface area contributed by atoms with Gasteiger partial charge in [-0.15, -0.1) is 11.3 Å². The van der Waals surface area contributed by atoms with Crippen LogP contribution in [0.3, 0.4) is 0 Å². The zero-order valence-corrected chi connectivity index (χ0v) is 13.2. The van der Waals surface area contributed by atoms with Crippen molar-refractivity contribution >= 4 is 11.3 Å². The van der Waals surface area contributed by atoms with Gasteiger partial charge in [-0.3, -0.25) is 4.90 Å². The molecule has 2 saturated heterocycles. The fourth-order valence-corrected chi connectivity index (χ4v) is 4.81. The third-order valence-electron chi connectivity index (χ3n) is 5.06. The quantitative estimate of drug-likeness (QED) is 0.909. The molecular formula is C16H26N2S. The van der Waals surface area contributed by atoms with Crippen LogP contribution in [0.25, 0.3) is 0 Å². The summed E-state index contributed by atoms with van der Waals surface area (Å²) in [5.41, 5.74) is 0.293. The van der Waals surface area contributed by atoms with Crippen LogP contribution in [0, 0.1) is 0 Å². The third kappa shape index (κ3) is 2.61. The van der Waals surface area contributed by atoms with Crippen molar-refractivity contribution in [2.24, 2.45) is 0 Å². The molecule has 0 radical (unpaired) electrons. The summed E-state index contributed by atoms with van der Waals surface area (Å²) in [4.78, 5) is 4.34. The molecule has 0 aliphatic carbocycles. The lowest BCUT2D eigenvalue weighted by atomic mass is 9.88. The van der Waals surface area contributed by atoms with Gasteiger partial charge in [0.05, 0.1) is 0 Å². The summed E-state index contributed by atoms with van der Waals surface area (Å²) >= 11 is 1.91. The topological polar surface area (TPSA) is 15.3 Å². The molecule has 1 N–H and O–H groups in total. The fourth-order valence-electron chi connectivity index (χ4n) is 3.97. The maximum atomic E-state index is 3.49. The maximum Gasteiger partial charge on any atom is 0.0118 e. The minimum Gasteiger partial charge on any atom is -0.317 e. The molecule has 0 aromatic carbocycles. The number of rotatable bonds is 4. The lowest BCUT2D eigenvalue weighted by Crippen LogP contribution is -2.51. The summed E-state index contributed by atoms with van der Waals surface area (Å²) in [7, 11) is 2.12. The van der Waals surface area contributed by atoms with E-state index in [-0.39, 0.29) is 0 Å². The van der Waals surface area contributed by atoms with Gasteiger partial charge in [-0.2, -0.15) is 0 Å². The molecule has 2 atom stereocenters. The Hall–Kier alpha value is -0.380. The predicted octanol–water partition coefficient (Wildman–Crippen LogP) is 3.24. The van der Waals surface area contributed by atoms with Crippen LogP contribution in [0.4, 0.5) is 0 Å².